The minimum absolute atomic E-state index is 0.00309. The quantitative estimate of drug-likeness (QED) is 0.636. The van der Waals surface area contributed by atoms with E-state index < -0.39 is 40.8 Å². The zero-order valence-electron chi connectivity index (χ0n) is 19.7. The van der Waals surface area contributed by atoms with Crippen LogP contribution in [0.4, 0.5) is 21.1 Å². The highest BCUT2D eigenvalue weighted by Crippen LogP contribution is 2.31. The van der Waals surface area contributed by atoms with Gasteiger partial charge in [-0.25, -0.2) is 9.59 Å². The van der Waals surface area contributed by atoms with E-state index in [1.165, 1.54) is 18.2 Å². The van der Waals surface area contributed by atoms with Crippen molar-refractivity contribution in [3.8, 4) is 5.69 Å². The molecule has 0 aliphatic carbocycles. The monoisotopic (exact) mass is 470 g/mol. The van der Waals surface area contributed by atoms with E-state index in [9.17, 15) is 24.0 Å². The van der Waals surface area contributed by atoms with Crippen molar-refractivity contribution >= 4 is 35.5 Å². The van der Waals surface area contributed by atoms with Crippen LogP contribution in [-0.2, 0) is 9.47 Å². The lowest BCUT2D eigenvalue weighted by Crippen LogP contribution is -2.44. The molecule has 0 radical (unpaired) electrons. The van der Waals surface area contributed by atoms with E-state index in [0.29, 0.717) is 4.90 Å². The summed E-state index contributed by atoms with van der Waals surface area (Å²) in [6, 6.07) is 6.87. The van der Waals surface area contributed by atoms with E-state index in [4.69, 9.17) is 15.2 Å². The summed E-state index contributed by atoms with van der Waals surface area (Å²) in [4.78, 5) is 64.0. The number of pyridine rings is 1. The number of ether oxygens (including phenoxy) is 2. The molecule has 1 aromatic carbocycles. The van der Waals surface area contributed by atoms with Crippen LogP contribution >= 0.6 is 0 Å². The number of hydrogen-bond donors (Lipinski definition) is 2. The molecule has 2 aromatic rings. The number of carbonyl (C=O) groups excluding carboxylic acids is 4. The molecule has 0 atom stereocenters. The van der Waals surface area contributed by atoms with Gasteiger partial charge in [-0.15, -0.1) is 0 Å². The van der Waals surface area contributed by atoms with Gasteiger partial charge in [-0.1, -0.05) is 12.1 Å². The maximum Gasteiger partial charge on any atom is 0.424 e. The molecular weight excluding hydrogens is 444 g/mol. The highest BCUT2D eigenvalue weighted by molar-refractivity contribution is 6.23. The second-order valence-electron chi connectivity index (χ2n) is 9.56. The van der Waals surface area contributed by atoms with E-state index in [1.54, 1.807) is 47.6 Å². The fourth-order valence-electron chi connectivity index (χ4n) is 3.26. The first-order chi connectivity index (χ1) is 15.6. The molecule has 3 rings (SSSR count). The van der Waals surface area contributed by atoms with Gasteiger partial charge in [0.15, 0.2) is 0 Å². The van der Waals surface area contributed by atoms with Gasteiger partial charge in [0.1, 0.15) is 17.0 Å². The number of nitrogens with two attached hydrogens (primary N) is 1. The largest absolute Gasteiger partial charge is 0.443 e. The Hall–Kier alpha value is -4.15. The number of imide groups is 2. The van der Waals surface area contributed by atoms with Gasteiger partial charge in [0.2, 0.25) is 0 Å². The number of anilines is 2. The van der Waals surface area contributed by atoms with Gasteiger partial charge in [-0.3, -0.25) is 24.3 Å². The van der Waals surface area contributed by atoms with Gasteiger partial charge >= 0.3 is 12.2 Å². The number of benzene rings is 1. The summed E-state index contributed by atoms with van der Waals surface area (Å²) < 4.78 is 11.7. The first-order valence-electron chi connectivity index (χ1n) is 10.4. The van der Waals surface area contributed by atoms with Gasteiger partial charge in [-0.2, -0.15) is 4.90 Å². The molecule has 4 amide bonds. The standard InChI is InChI=1S/C23H26N4O7/c1-22(2,3)33-20(31)27(21(32)34-23(4,5)6)14-10-8-7-9-13(14)26-15(28)11-12-16(17(26)24)19(30)25-18(12)29/h7-11H,24H2,1-6H3,(H,25,29,30). The molecule has 0 unspecified atom stereocenters. The van der Waals surface area contributed by atoms with Crippen LogP contribution in [0.3, 0.4) is 0 Å². The fraction of sp³-hybridized carbons (Fsp3) is 0.348. The average molecular weight is 470 g/mol. The van der Waals surface area contributed by atoms with Crippen LogP contribution in [0.15, 0.2) is 35.1 Å². The number of rotatable bonds is 2. The Bertz CT molecular complexity index is 1240. The molecule has 11 heteroatoms. The van der Waals surface area contributed by atoms with Gasteiger partial charge in [-0.05, 0) is 53.7 Å². The lowest BCUT2D eigenvalue weighted by Gasteiger charge is -2.30. The van der Waals surface area contributed by atoms with Crippen molar-refractivity contribution in [3.63, 3.8) is 0 Å². The number of carbonyl (C=O) groups is 4. The summed E-state index contributed by atoms with van der Waals surface area (Å²) >= 11 is 0. The number of para-hydroxylation sites is 2. The zero-order chi connectivity index (χ0) is 25.6. The number of hydrogen-bond acceptors (Lipinski definition) is 8. The molecular formula is C23H26N4O7. The normalized spacial score (nSPS) is 13.2. The van der Waals surface area contributed by atoms with Crippen molar-refractivity contribution < 1.29 is 28.7 Å². The summed E-state index contributed by atoms with van der Waals surface area (Å²) in [5.41, 5.74) is 3.08. The Kier molecular flexibility index (Phi) is 6.00. The topological polar surface area (TPSA) is 150 Å². The van der Waals surface area contributed by atoms with Gasteiger partial charge in [0.05, 0.1) is 22.5 Å². The van der Waals surface area contributed by atoms with E-state index >= 15 is 0 Å². The fourth-order valence-corrected chi connectivity index (χ4v) is 3.26. The zero-order valence-corrected chi connectivity index (χ0v) is 19.7. The predicted octanol–water partition coefficient (Wildman–Crippen LogP) is 2.98. The summed E-state index contributed by atoms with van der Waals surface area (Å²) in [5.74, 6) is -1.83. The van der Waals surface area contributed by atoms with E-state index in [-0.39, 0.29) is 28.3 Å². The summed E-state index contributed by atoms with van der Waals surface area (Å²) in [5, 5.41) is 2.09. The summed E-state index contributed by atoms with van der Waals surface area (Å²) in [6.07, 6.45) is -2.09. The van der Waals surface area contributed by atoms with Crippen LogP contribution < -0.4 is 21.5 Å². The minimum Gasteiger partial charge on any atom is -0.443 e. The summed E-state index contributed by atoms with van der Waals surface area (Å²) in [7, 11) is 0. The molecule has 180 valence electrons. The molecule has 3 N–H and O–H groups in total. The second-order valence-corrected chi connectivity index (χ2v) is 9.56. The van der Waals surface area contributed by atoms with Crippen molar-refractivity contribution in [3.05, 3.63) is 51.8 Å². The smallest absolute Gasteiger partial charge is 0.424 e. The first-order valence-corrected chi connectivity index (χ1v) is 10.4. The van der Waals surface area contributed by atoms with Crippen LogP contribution in [0.25, 0.3) is 5.69 Å². The van der Waals surface area contributed by atoms with Gasteiger partial charge < -0.3 is 15.2 Å². The van der Waals surface area contributed by atoms with Crippen LogP contribution in [0, 0.1) is 0 Å². The summed E-state index contributed by atoms with van der Waals surface area (Å²) in [6.45, 7) is 9.77. The Balaban J connectivity index is 2.25. The van der Waals surface area contributed by atoms with Gasteiger partial charge in [0, 0.05) is 6.07 Å². The van der Waals surface area contributed by atoms with Crippen molar-refractivity contribution in [2.75, 3.05) is 10.6 Å². The highest BCUT2D eigenvalue weighted by Gasteiger charge is 2.36. The Morgan fingerprint density at radius 3 is 1.97 bits per heavy atom. The molecule has 0 saturated heterocycles. The van der Waals surface area contributed by atoms with Crippen molar-refractivity contribution in [2.24, 2.45) is 0 Å². The number of nitrogen functional groups attached to an aromatic ring is 1. The number of fused-ring (bicyclic) bond motifs is 1. The predicted molar refractivity (Wildman–Crippen MR) is 123 cm³/mol. The molecule has 2 heterocycles. The van der Waals surface area contributed by atoms with Crippen LogP contribution in [0.2, 0.25) is 0 Å². The first kappa shape index (κ1) is 24.5. The van der Waals surface area contributed by atoms with Crippen LogP contribution in [-0.4, -0.2) is 39.8 Å². The highest BCUT2D eigenvalue weighted by atomic mass is 16.6. The number of amides is 4. The van der Waals surface area contributed by atoms with Crippen molar-refractivity contribution in [2.45, 2.75) is 52.7 Å². The SMILES string of the molecule is CC(C)(C)OC(=O)N(C(=O)OC(C)(C)C)c1ccccc1-n1c(N)c2c(cc1=O)C(=O)NC2=O. The number of nitrogens with one attached hydrogen (secondary N) is 1. The van der Waals surface area contributed by atoms with Crippen LogP contribution in [0.1, 0.15) is 62.3 Å². The van der Waals surface area contributed by atoms with Crippen molar-refractivity contribution in [1.29, 1.82) is 0 Å². The van der Waals surface area contributed by atoms with E-state index in [0.717, 1.165) is 10.6 Å². The third-order valence-corrected chi connectivity index (χ3v) is 4.47. The second kappa shape index (κ2) is 8.32. The molecule has 34 heavy (non-hydrogen) atoms. The Morgan fingerprint density at radius 2 is 1.44 bits per heavy atom. The lowest BCUT2D eigenvalue weighted by molar-refractivity contribution is 0.0430. The molecule has 1 aromatic heterocycles. The van der Waals surface area contributed by atoms with E-state index in [2.05, 4.69) is 5.32 Å². The minimum atomic E-state index is -1.05. The third-order valence-electron chi connectivity index (χ3n) is 4.47. The Morgan fingerprint density at radius 1 is 0.912 bits per heavy atom. The molecule has 1 aliphatic rings. The molecule has 0 spiro atoms. The molecule has 0 fully saturated rings. The number of aromatic nitrogens is 1. The number of nitrogens with zero attached hydrogens (tertiary/aromatic N) is 2. The average Bonchev–Trinajstić information content (AvgIpc) is 2.93. The van der Waals surface area contributed by atoms with Crippen LogP contribution in [0.5, 0.6) is 0 Å². The molecule has 0 saturated carbocycles. The van der Waals surface area contributed by atoms with E-state index in [1.807, 2.05) is 0 Å². The maximum absolute atomic E-state index is 13.1. The van der Waals surface area contributed by atoms with Gasteiger partial charge in [0.25, 0.3) is 17.4 Å². The maximum atomic E-state index is 13.1. The lowest BCUT2D eigenvalue weighted by atomic mass is 10.1. The Labute approximate surface area is 195 Å². The molecule has 1 aliphatic heterocycles. The third kappa shape index (κ3) is 4.77. The molecule has 11 nitrogen and oxygen atoms in total. The molecule has 0 bridgehead atoms. The van der Waals surface area contributed by atoms with Crippen molar-refractivity contribution in [1.82, 2.24) is 9.88 Å².